The largest absolute Gasteiger partial charge is 0.356 e. The summed E-state index contributed by atoms with van der Waals surface area (Å²) >= 11 is 0. The first-order chi connectivity index (χ1) is 10.4. The second-order valence-corrected chi connectivity index (χ2v) is 7.27. The fourth-order valence-electron chi connectivity index (χ4n) is 2.42. The minimum Gasteiger partial charge on any atom is -0.356 e. The molecule has 0 aromatic rings. The Morgan fingerprint density at radius 2 is 1.32 bits per heavy atom. The molecule has 130 valence electrons. The molecular formula is C19H37NO2. The van der Waals surface area contributed by atoms with E-state index in [4.69, 9.17) is 0 Å². The molecule has 3 heteroatoms. The number of Topliss-reactive ketones (excluding diaryl/α,β-unsaturated/α-hetero) is 1. The zero-order valence-electron chi connectivity index (χ0n) is 15.2. The van der Waals surface area contributed by atoms with Gasteiger partial charge in [-0.1, -0.05) is 59.8 Å². The van der Waals surface area contributed by atoms with Gasteiger partial charge in [-0.3, -0.25) is 9.59 Å². The summed E-state index contributed by atoms with van der Waals surface area (Å²) in [5.41, 5.74) is 0. The van der Waals surface area contributed by atoms with Crippen LogP contribution in [0.4, 0.5) is 0 Å². The standard InChI is InChI=1S/C19H37NO2/c1-16(2)10-6-5-7-12-18(21)13-14-19(22)20-15-9-8-11-17(3)4/h16-17H,5-15H2,1-4H3,(H,20,22). The van der Waals surface area contributed by atoms with Crippen molar-refractivity contribution in [3.05, 3.63) is 0 Å². The van der Waals surface area contributed by atoms with E-state index in [2.05, 4.69) is 33.0 Å². The van der Waals surface area contributed by atoms with Gasteiger partial charge in [-0.25, -0.2) is 0 Å². The van der Waals surface area contributed by atoms with Gasteiger partial charge in [0.25, 0.3) is 0 Å². The topological polar surface area (TPSA) is 46.2 Å². The molecule has 0 aromatic heterocycles. The van der Waals surface area contributed by atoms with Crippen molar-refractivity contribution >= 4 is 11.7 Å². The fraction of sp³-hybridized carbons (Fsp3) is 0.895. The Morgan fingerprint density at radius 3 is 1.91 bits per heavy atom. The van der Waals surface area contributed by atoms with Crippen molar-refractivity contribution < 1.29 is 9.59 Å². The van der Waals surface area contributed by atoms with Crippen molar-refractivity contribution in [3.63, 3.8) is 0 Å². The van der Waals surface area contributed by atoms with Crippen LogP contribution < -0.4 is 5.32 Å². The monoisotopic (exact) mass is 311 g/mol. The molecule has 0 aliphatic rings. The molecule has 1 amide bonds. The molecule has 0 rings (SSSR count). The average Bonchev–Trinajstić information content (AvgIpc) is 2.43. The zero-order chi connectivity index (χ0) is 16.8. The molecule has 0 spiro atoms. The maximum Gasteiger partial charge on any atom is 0.220 e. The molecule has 3 nitrogen and oxygen atoms in total. The zero-order valence-corrected chi connectivity index (χ0v) is 15.2. The Balaban J connectivity index is 3.43. The van der Waals surface area contributed by atoms with E-state index in [-0.39, 0.29) is 11.7 Å². The Labute approximate surface area is 137 Å². The van der Waals surface area contributed by atoms with E-state index in [0.717, 1.165) is 44.1 Å². The van der Waals surface area contributed by atoms with Gasteiger partial charge in [0, 0.05) is 25.8 Å². The van der Waals surface area contributed by atoms with Crippen molar-refractivity contribution in [2.24, 2.45) is 11.8 Å². The van der Waals surface area contributed by atoms with Crippen LogP contribution >= 0.6 is 0 Å². The van der Waals surface area contributed by atoms with E-state index in [9.17, 15) is 9.59 Å². The number of hydrogen-bond acceptors (Lipinski definition) is 2. The summed E-state index contributed by atoms with van der Waals surface area (Å²) in [5.74, 6) is 1.74. The van der Waals surface area contributed by atoms with Gasteiger partial charge in [-0.2, -0.15) is 0 Å². The SMILES string of the molecule is CC(C)CCCCCC(=O)CCC(=O)NCCCCC(C)C. The van der Waals surface area contributed by atoms with Gasteiger partial charge < -0.3 is 5.32 Å². The van der Waals surface area contributed by atoms with E-state index in [1.165, 1.54) is 19.3 Å². The number of nitrogens with one attached hydrogen (secondary N) is 1. The summed E-state index contributed by atoms with van der Waals surface area (Å²) in [6, 6.07) is 0. The number of hydrogen-bond donors (Lipinski definition) is 1. The van der Waals surface area contributed by atoms with Crippen LogP contribution in [0, 0.1) is 11.8 Å². The summed E-state index contributed by atoms with van der Waals surface area (Å²) in [6.07, 6.45) is 9.37. The van der Waals surface area contributed by atoms with Gasteiger partial charge >= 0.3 is 0 Å². The van der Waals surface area contributed by atoms with E-state index in [0.29, 0.717) is 19.3 Å². The lowest BCUT2D eigenvalue weighted by atomic mass is 10.0. The maximum absolute atomic E-state index is 11.7. The predicted octanol–water partition coefficient (Wildman–Crippen LogP) is 4.88. The Hall–Kier alpha value is -0.860. The van der Waals surface area contributed by atoms with Gasteiger partial charge in [-0.05, 0) is 24.7 Å². The molecule has 0 aromatic carbocycles. The van der Waals surface area contributed by atoms with E-state index in [1.54, 1.807) is 0 Å². The molecule has 22 heavy (non-hydrogen) atoms. The highest BCUT2D eigenvalue weighted by Gasteiger charge is 2.07. The minimum atomic E-state index is 0.0257. The summed E-state index contributed by atoms with van der Waals surface area (Å²) in [4.78, 5) is 23.3. The average molecular weight is 312 g/mol. The maximum atomic E-state index is 11.7. The molecule has 0 fully saturated rings. The Bertz CT molecular complexity index is 268. The second kappa shape index (κ2) is 13.8. The van der Waals surface area contributed by atoms with Gasteiger partial charge in [-0.15, -0.1) is 0 Å². The first kappa shape index (κ1) is 21.1. The number of carbonyl (C=O) groups excluding carboxylic acids is 2. The lowest BCUT2D eigenvalue weighted by Gasteiger charge is -2.07. The molecule has 0 saturated heterocycles. The molecule has 0 unspecified atom stereocenters. The quantitative estimate of drug-likeness (QED) is 0.464. The lowest BCUT2D eigenvalue weighted by molar-refractivity contribution is -0.125. The molecule has 0 aliphatic heterocycles. The third-order valence-corrected chi connectivity index (χ3v) is 3.90. The first-order valence-corrected chi connectivity index (χ1v) is 9.20. The number of amides is 1. The van der Waals surface area contributed by atoms with Crippen molar-refractivity contribution in [1.82, 2.24) is 5.32 Å². The van der Waals surface area contributed by atoms with Crippen LogP contribution in [0.15, 0.2) is 0 Å². The van der Waals surface area contributed by atoms with Gasteiger partial charge in [0.15, 0.2) is 0 Å². The van der Waals surface area contributed by atoms with Crippen LogP contribution in [0.1, 0.15) is 91.9 Å². The van der Waals surface area contributed by atoms with E-state index >= 15 is 0 Å². The van der Waals surface area contributed by atoms with Crippen molar-refractivity contribution in [2.45, 2.75) is 91.9 Å². The van der Waals surface area contributed by atoms with Crippen LogP contribution in [0.3, 0.4) is 0 Å². The number of carbonyl (C=O) groups is 2. The Kier molecular flexibility index (Phi) is 13.2. The molecule has 0 radical (unpaired) electrons. The highest BCUT2D eigenvalue weighted by atomic mass is 16.2. The van der Waals surface area contributed by atoms with E-state index in [1.807, 2.05) is 0 Å². The third-order valence-electron chi connectivity index (χ3n) is 3.90. The highest BCUT2D eigenvalue weighted by molar-refractivity contribution is 5.84. The van der Waals surface area contributed by atoms with Crippen LogP contribution in [-0.4, -0.2) is 18.2 Å². The first-order valence-electron chi connectivity index (χ1n) is 9.20. The second-order valence-electron chi connectivity index (χ2n) is 7.27. The summed E-state index contributed by atoms with van der Waals surface area (Å²) in [5, 5.41) is 2.91. The van der Waals surface area contributed by atoms with Crippen LogP contribution in [-0.2, 0) is 9.59 Å². The summed E-state index contributed by atoms with van der Waals surface area (Å²) < 4.78 is 0. The van der Waals surface area contributed by atoms with Gasteiger partial charge in [0.05, 0.1) is 0 Å². The highest BCUT2D eigenvalue weighted by Crippen LogP contribution is 2.10. The number of ketones is 1. The fourth-order valence-corrected chi connectivity index (χ4v) is 2.42. The molecule has 0 heterocycles. The normalized spacial score (nSPS) is 11.2. The smallest absolute Gasteiger partial charge is 0.220 e. The molecule has 0 bridgehead atoms. The summed E-state index contributed by atoms with van der Waals surface area (Å²) in [6.45, 7) is 9.63. The predicted molar refractivity (Wildman–Crippen MR) is 93.9 cm³/mol. The van der Waals surface area contributed by atoms with Crippen LogP contribution in [0.25, 0.3) is 0 Å². The third kappa shape index (κ3) is 15.5. The minimum absolute atomic E-state index is 0.0257. The molecule has 0 atom stereocenters. The molecule has 0 aliphatic carbocycles. The molecular weight excluding hydrogens is 274 g/mol. The number of rotatable bonds is 14. The van der Waals surface area contributed by atoms with Crippen molar-refractivity contribution in [2.75, 3.05) is 6.54 Å². The number of unbranched alkanes of at least 4 members (excludes halogenated alkanes) is 3. The summed E-state index contributed by atoms with van der Waals surface area (Å²) in [7, 11) is 0. The van der Waals surface area contributed by atoms with E-state index < -0.39 is 0 Å². The molecule has 1 N–H and O–H groups in total. The van der Waals surface area contributed by atoms with Crippen molar-refractivity contribution in [3.8, 4) is 0 Å². The van der Waals surface area contributed by atoms with Crippen molar-refractivity contribution in [1.29, 1.82) is 0 Å². The Morgan fingerprint density at radius 1 is 0.727 bits per heavy atom. The van der Waals surface area contributed by atoms with Gasteiger partial charge in [0.1, 0.15) is 5.78 Å². The van der Waals surface area contributed by atoms with Gasteiger partial charge in [0.2, 0.25) is 5.91 Å². The lowest BCUT2D eigenvalue weighted by Crippen LogP contribution is -2.24. The van der Waals surface area contributed by atoms with Crippen LogP contribution in [0.2, 0.25) is 0 Å². The molecule has 0 saturated carbocycles. The van der Waals surface area contributed by atoms with Crippen LogP contribution in [0.5, 0.6) is 0 Å².